The number of alkyl halides is 3. The highest BCUT2D eigenvalue weighted by Gasteiger charge is 2.35. The highest BCUT2D eigenvalue weighted by molar-refractivity contribution is 5.98. The highest BCUT2D eigenvalue weighted by atomic mass is 19.4. The smallest absolute Gasteiger partial charge is 0.368 e. The van der Waals surface area contributed by atoms with Gasteiger partial charge < -0.3 is 11.1 Å². The van der Waals surface area contributed by atoms with Crippen molar-refractivity contribution in [2.45, 2.75) is 18.6 Å². The molecule has 4 nitrogen and oxygen atoms in total. The Hall–Kier alpha value is -2.49. The number of amides is 2. The quantitative estimate of drug-likeness (QED) is 0.818. The van der Waals surface area contributed by atoms with Gasteiger partial charge in [0.2, 0.25) is 5.91 Å². The topological polar surface area (TPSA) is 72.2 Å². The van der Waals surface area contributed by atoms with Crippen LogP contribution < -0.4 is 11.1 Å². The second-order valence-corrected chi connectivity index (χ2v) is 3.88. The van der Waals surface area contributed by atoms with Crippen LogP contribution >= 0.6 is 0 Å². The lowest BCUT2D eigenvalue weighted by atomic mass is 10.1. The van der Waals surface area contributed by atoms with Crippen LogP contribution in [-0.4, -0.2) is 17.9 Å². The van der Waals surface area contributed by atoms with Crippen molar-refractivity contribution >= 4 is 11.8 Å². The third-order valence-electron chi connectivity index (χ3n) is 2.45. The Labute approximate surface area is 113 Å². The molecule has 0 spiro atoms. The predicted octanol–water partition coefficient (Wildman–Crippen LogP) is 1.31. The molecule has 0 unspecified atom stereocenters. The third-order valence-corrected chi connectivity index (χ3v) is 2.45. The van der Waals surface area contributed by atoms with Crippen LogP contribution in [0.15, 0.2) is 24.3 Å². The molecular weight excluding hydrogens is 273 g/mol. The molecule has 0 aliphatic heterocycles. The molecule has 1 rings (SSSR count). The van der Waals surface area contributed by atoms with Gasteiger partial charge in [-0.3, -0.25) is 9.59 Å². The average molecular weight is 284 g/mol. The number of primary amides is 1. The molecule has 0 saturated carbocycles. The summed E-state index contributed by atoms with van der Waals surface area (Å²) in [4.78, 5) is 22.8. The maximum Gasteiger partial charge on any atom is 0.417 e. The van der Waals surface area contributed by atoms with Gasteiger partial charge in [-0.25, -0.2) is 0 Å². The van der Waals surface area contributed by atoms with E-state index in [9.17, 15) is 22.8 Å². The second-order valence-electron chi connectivity index (χ2n) is 3.88. The molecule has 20 heavy (non-hydrogen) atoms. The van der Waals surface area contributed by atoms with E-state index >= 15 is 0 Å². The number of nitrogens with one attached hydrogen (secondary N) is 1. The lowest BCUT2D eigenvalue weighted by molar-refractivity contribution is -0.137. The van der Waals surface area contributed by atoms with Crippen LogP contribution in [0.5, 0.6) is 0 Å². The Balaban J connectivity index is 3.05. The molecule has 0 saturated heterocycles. The molecule has 106 valence electrons. The highest BCUT2D eigenvalue weighted by Crippen LogP contribution is 2.31. The number of hydrogen-bond acceptors (Lipinski definition) is 2. The van der Waals surface area contributed by atoms with Crippen molar-refractivity contribution in [3.8, 4) is 12.3 Å². The summed E-state index contributed by atoms with van der Waals surface area (Å²) in [6.45, 7) is 0. The van der Waals surface area contributed by atoms with Gasteiger partial charge in [-0.1, -0.05) is 12.1 Å². The van der Waals surface area contributed by atoms with Crippen LogP contribution in [0, 0.1) is 12.3 Å². The molecule has 0 bridgehead atoms. The van der Waals surface area contributed by atoms with Gasteiger partial charge in [0.15, 0.2) is 0 Å². The van der Waals surface area contributed by atoms with Gasteiger partial charge in [0, 0.05) is 6.42 Å². The van der Waals surface area contributed by atoms with Crippen LogP contribution in [-0.2, 0) is 11.0 Å². The van der Waals surface area contributed by atoms with Gasteiger partial charge in [-0.2, -0.15) is 13.2 Å². The molecular formula is C13H11F3N2O2. The first kappa shape index (κ1) is 15.6. The number of terminal acetylenes is 1. The van der Waals surface area contributed by atoms with Gasteiger partial charge in [0.05, 0.1) is 11.1 Å². The van der Waals surface area contributed by atoms with E-state index in [0.717, 1.165) is 18.2 Å². The van der Waals surface area contributed by atoms with Crippen LogP contribution in [0.4, 0.5) is 13.2 Å². The first-order valence-electron chi connectivity index (χ1n) is 5.47. The average Bonchev–Trinajstić information content (AvgIpc) is 2.37. The van der Waals surface area contributed by atoms with Crippen molar-refractivity contribution < 1.29 is 22.8 Å². The third kappa shape index (κ3) is 3.75. The van der Waals surface area contributed by atoms with Crippen molar-refractivity contribution in [3.63, 3.8) is 0 Å². The fourth-order valence-corrected chi connectivity index (χ4v) is 1.50. The number of rotatable bonds is 4. The zero-order chi connectivity index (χ0) is 15.3. The molecule has 0 radical (unpaired) electrons. The Kier molecular flexibility index (Phi) is 4.75. The molecule has 1 aromatic carbocycles. The number of carbonyl (C=O) groups is 2. The van der Waals surface area contributed by atoms with Crippen LogP contribution in [0.1, 0.15) is 22.3 Å². The minimum Gasteiger partial charge on any atom is -0.368 e. The van der Waals surface area contributed by atoms with E-state index < -0.39 is 35.2 Å². The van der Waals surface area contributed by atoms with Crippen LogP contribution in [0.3, 0.4) is 0 Å². The summed E-state index contributed by atoms with van der Waals surface area (Å²) in [5, 5.41) is 2.09. The SMILES string of the molecule is C#CC[C@H](NC(=O)c1ccccc1C(F)(F)F)C(N)=O. The van der Waals surface area contributed by atoms with Gasteiger partial charge in [-0.05, 0) is 12.1 Å². The molecule has 0 aromatic heterocycles. The van der Waals surface area contributed by atoms with Crippen molar-refractivity contribution in [2.24, 2.45) is 5.73 Å². The maximum atomic E-state index is 12.7. The molecule has 7 heteroatoms. The molecule has 0 fully saturated rings. The summed E-state index contributed by atoms with van der Waals surface area (Å²) in [7, 11) is 0. The van der Waals surface area contributed by atoms with E-state index in [-0.39, 0.29) is 6.42 Å². The summed E-state index contributed by atoms with van der Waals surface area (Å²) in [6.07, 6.45) is 0.114. The lowest BCUT2D eigenvalue weighted by Crippen LogP contribution is -2.44. The molecule has 0 aliphatic rings. The fraction of sp³-hybridized carbons (Fsp3) is 0.231. The van der Waals surface area contributed by atoms with Crippen LogP contribution in [0.25, 0.3) is 0 Å². The van der Waals surface area contributed by atoms with Crippen molar-refractivity contribution in [3.05, 3.63) is 35.4 Å². The summed E-state index contributed by atoms with van der Waals surface area (Å²) in [6, 6.07) is 3.01. The van der Waals surface area contributed by atoms with E-state index in [2.05, 4.69) is 11.2 Å². The van der Waals surface area contributed by atoms with E-state index in [1.165, 1.54) is 6.07 Å². The zero-order valence-electron chi connectivity index (χ0n) is 10.2. The Bertz CT molecular complexity index is 561. The molecule has 1 aromatic rings. The summed E-state index contributed by atoms with van der Waals surface area (Å²) < 4.78 is 38.2. The molecule has 3 N–H and O–H groups in total. The summed E-state index contributed by atoms with van der Waals surface area (Å²) >= 11 is 0. The number of hydrogen-bond donors (Lipinski definition) is 2. The summed E-state index contributed by atoms with van der Waals surface area (Å²) in [5.74, 6) is 0.139. The zero-order valence-corrected chi connectivity index (χ0v) is 10.2. The normalized spacial score (nSPS) is 12.3. The van der Waals surface area contributed by atoms with Gasteiger partial charge in [0.1, 0.15) is 6.04 Å². The largest absolute Gasteiger partial charge is 0.417 e. The monoisotopic (exact) mass is 284 g/mol. The molecule has 1 atom stereocenters. The van der Waals surface area contributed by atoms with Crippen molar-refractivity contribution in [1.29, 1.82) is 0 Å². The number of halogens is 3. The first-order chi connectivity index (χ1) is 9.27. The van der Waals surface area contributed by atoms with Crippen molar-refractivity contribution in [1.82, 2.24) is 5.32 Å². The van der Waals surface area contributed by atoms with Gasteiger partial charge in [0.25, 0.3) is 5.91 Å². The second kappa shape index (κ2) is 6.10. The fourth-order valence-electron chi connectivity index (χ4n) is 1.50. The lowest BCUT2D eigenvalue weighted by Gasteiger charge is -2.16. The summed E-state index contributed by atoms with van der Waals surface area (Å²) in [5.41, 5.74) is 3.31. The van der Waals surface area contributed by atoms with E-state index in [4.69, 9.17) is 12.2 Å². The molecule has 0 aliphatic carbocycles. The van der Waals surface area contributed by atoms with E-state index in [1.54, 1.807) is 0 Å². The first-order valence-corrected chi connectivity index (χ1v) is 5.47. The number of nitrogens with two attached hydrogens (primary N) is 1. The number of carbonyl (C=O) groups excluding carboxylic acids is 2. The minimum atomic E-state index is -4.68. The van der Waals surface area contributed by atoms with E-state index in [0.29, 0.717) is 0 Å². The Morgan fingerprint density at radius 3 is 2.45 bits per heavy atom. The Morgan fingerprint density at radius 2 is 1.95 bits per heavy atom. The predicted molar refractivity (Wildman–Crippen MR) is 65.3 cm³/mol. The maximum absolute atomic E-state index is 12.7. The minimum absolute atomic E-state index is 0.199. The number of benzene rings is 1. The van der Waals surface area contributed by atoms with E-state index in [1.807, 2.05) is 0 Å². The van der Waals surface area contributed by atoms with Crippen molar-refractivity contribution in [2.75, 3.05) is 0 Å². The van der Waals surface area contributed by atoms with Crippen LogP contribution in [0.2, 0.25) is 0 Å². The van der Waals surface area contributed by atoms with Gasteiger partial charge in [-0.15, -0.1) is 12.3 Å². The molecule has 2 amide bonds. The Morgan fingerprint density at radius 1 is 1.35 bits per heavy atom. The molecule has 0 heterocycles. The standard InChI is InChI=1S/C13H11F3N2O2/c1-2-5-10(11(17)19)18-12(20)8-6-3-4-7-9(8)13(14,15)16/h1,3-4,6-7,10H,5H2,(H2,17,19)(H,18,20)/t10-/m0/s1. The van der Waals surface area contributed by atoms with Gasteiger partial charge >= 0.3 is 6.18 Å².